The number of hydrogen-bond acceptors (Lipinski definition) is 3. The van der Waals surface area contributed by atoms with Crippen LogP contribution < -0.4 is 10.1 Å². The summed E-state index contributed by atoms with van der Waals surface area (Å²) in [5.41, 5.74) is 0.473. The Morgan fingerprint density at radius 1 is 1.53 bits per heavy atom. The van der Waals surface area contributed by atoms with E-state index in [1.807, 2.05) is 0 Å². The van der Waals surface area contributed by atoms with E-state index in [0.29, 0.717) is 11.3 Å². The lowest BCUT2D eigenvalue weighted by Gasteiger charge is -2.11. The largest absolute Gasteiger partial charge is 0.490 e. The average molecular weight is 209 g/mol. The Balaban J connectivity index is 2.81. The molecule has 1 atom stereocenters. The molecule has 0 aliphatic carbocycles. The van der Waals surface area contributed by atoms with Crippen LogP contribution in [0.4, 0.5) is 0 Å². The molecule has 0 heterocycles. The van der Waals surface area contributed by atoms with E-state index >= 15 is 0 Å². The van der Waals surface area contributed by atoms with Crippen molar-refractivity contribution in [1.29, 1.82) is 0 Å². The van der Waals surface area contributed by atoms with Gasteiger partial charge in [-0.15, -0.1) is 0 Å². The van der Waals surface area contributed by atoms with Crippen LogP contribution in [-0.4, -0.2) is 30.8 Å². The van der Waals surface area contributed by atoms with E-state index < -0.39 is 6.10 Å². The average Bonchev–Trinajstić information content (AvgIpc) is 2.25. The maximum Gasteiger partial charge on any atom is 0.254 e. The fourth-order valence-corrected chi connectivity index (χ4v) is 1.13. The third-order valence-electron chi connectivity index (χ3n) is 1.84. The standard InChI is InChI=1S/C11H15NO3/c1-8(13)7-15-10-6-4-3-5-9(10)11(14)12-2/h3-6,8,13H,7H2,1-2H3,(H,12,14)/t8-/m0/s1. The summed E-state index contributed by atoms with van der Waals surface area (Å²) < 4.78 is 5.31. The van der Waals surface area contributed by atoms with Crippen molar-refractivity contribution in [2.75, 3.05) is 13.7 Å². The number of ether oxygens (including phenoxy) is 1. The maximum absolute atomic E-state index is 11.4. The SMILES string of the molecule is CNC(=O)c1ccccc1OC[C@H](C)O. The molecule has 0 spiro atoms. The highest BCUT2D eigenvalue weighted by Gasteiger charge is 2.10. The molecule has 4 heteroatoms. The van der Waals surface area contributed by atoms with E-state index in [9.17, 15) is 4.79 Å². The van der Waals surface area contributed by atoms with Crippen LogP contribution in [0.1, 0.15) is 17.3 Å². The van der Waals surface area contributed by atoms with Crippen molar-refractivity contribution < 1.29 is 14.6 Å². The summed E-state index contributed by atoms with van der Waals surface area (Å²) in [6, 6.07) is 6.92. The fourth-order valence-electron chi connectivity index (χ4n) is 1.13. The zero-order valence-corrected chi connectivity index (χ0v) is 8.86. The lowest BCUT2D eigenvalue weighted by molar-refractivity contribution is 0.0947. The van der Waals surface area contributed by atoms with Gasteiger partial charge >= 0.3 is 0 Å². The minimum absolute atomic E-state index is 0.175. The van der Waals surface area contributed by atoms with Gasteiger partial charge in [0.1, 0.15) is 12.4 Å². The van der Waals surface area contributed by atoms with Gasteiger partial charge in [-0.1, -0.05) is 12.1 Å². The smallest absolute Gasteiger partial charge is 0.254 e. The number of carbonyl (C=O) groups is 1. The minimum Gasteiger partial charge on any atom is -0.490 e. The van der Waals surface area contributed by atoms with Gasteiger partial charge in [0.05, 0.1) is 11.7 Å². The van der Waals surface area contributed by atoms with Crippen LogP contribution in [0.3, 0.4) is 0 Å². The molecule has 0 saturated heterocycles. The molecule has 1 amide bonds. The molecule has 0 bridgehead atoms. The second kappa shape index (κ2) is 5.36. The Morgan fingerprint density at radius 2 is 2.20 bits per heavy atom. The van der Waals surface area contributed by atoms with E-state index in [1.54, 1.807) is 38.2 Å². The lowest BCUT2D eigenvalue weighted by atomic mass is 10.2. The van der Waals surface area contributed by atoms with Crippen molar-refractivity contribution in [2.24, 2.45) is 0 Å². The van der Waals surface area contributed by atoms with Crippen molar-refractivity contribution in [2.45, 2.75) is 13.0 Å². The zero-order chi connectivity index (χ0) is 11.3. The van der Waals surface area contributed by atoms with Crippen LogP contribution in [0, 0.1) is 0 Å². The summed E-state index contributed by atoms with van der Waals surface area (Å²) in [6.45, 7) is 1.80. The summed E-state index contributed by atoms with van der Waals surface area (Å²) in [5.74, 6) is 0.286. The van der Waals surface area contributed by atoms with Crippen LogP contribution in [0.2, 0.25) is 0 Å². The van der Waals surface area contributed by atoms with Gasteiger partial charge in [0.2, 0.25) is 0 Å². The van der Waals surface area contributed by atoms with Crippen LogP contribution >= 0.6 is 0 Å². The van der Waals surface area contributed by atoms with E-state index in [-0.39, 0.29) is 12.5 Å². The highest BCUT2D eigenvalue weighted by molar-refractivity contribution is 5.96. The van der Waals surface area contributed by atoms with Gasteiger partial charge in [-0.05, 0) is 19.1 Å². The predicted octanol–water partition coefficient (Wildman–Crippen LogP) is 0.806. The highest BCUT2D eigenvalue weighted by Crippen LogP contribution is 2.17. The number of carbonyl (C=O) groups excluding carboxylic acids is 1. The first-order chi connectivity index (χ1) is 7.15. The molecular formula is C11H15NO3. The summed E-state index contributed by atoms with van der Waals surface area (Å²) >= 11 is 0. The number of hydrogen-bond donors (Lipinski definition) is 2. The Bertz CT molecular complexity index is 336. The second-order valence-electron chi connectivity index (χ2n) is 3.24. The number of nitrogens with one attached hydrogen (secondary N) is 1. The molecule has 0 fully saturated rings. The van der Waals surface area contributed by atoms with Crippen molar-refractivity contribution in [3.63, 3.8) is 0 Å². The summed E-state index contributed by atoms with van der Waals surface area (Å²) in [7, 11) is 1.56. The molecule has 15 heavy (non-hydrogen) atoms. The molecule has 4 nitrogen and oxygen atoms in total. The number of para-hydroxylation sites is 1. The molecule has 0 radical (unpaired) electrons. The summed E-state index contributed by atoms with van der Waals surface area (Å²) in [5, 5.41) is 11.6. The van der Waals surface area contributed by atoms with Gasteiger partial charge in [0.25, 0.3) is 5.91 Å². The first kappa shape index (κ1) is 11.5. The molecule has 2 N–H and O–H groups in total. The molecule has 82 valence electrons. The van der Waals surface area contributed by atoms with Crippen LogP contribution in [0.25, 0.3) is 0 Å². The molecule has 0 aliphatic heterocycles. The second-order valence-corrected chi connectivity index (χ2v) is 3.24. The molecule has 0 aliphatic rings. The van der Waals surface area contributed by atoms with Crippen molar-refractivity contribution >= 4 is 5.91 Å². The molecule has 1 aromatic rings. The van der Waals surface area contributed by atoms with Gasteiger partial charge < -0.3 is 15.2 Å². The fraction of sp³-hybridized carbons (Fsp3) is 0.364. The van der Waals surface area contributed by atoms with Gasteiger partial charge in [0, 0.05) is 7.05 Å². The normalized spacial score (nSPS) is 11.9. The molecule has 0 saturated carbocycles. The highest BCUT2D eigenvalue weighted by atomic mass is 16.5. The lowest BCUT2D eigenvalue weighted by Crippen LogP contribution is -2.20. The monoisotopic (exact) mass is 209 g/mol. The van der Waals surface area contributed by atoms with Crippen LogP contribution in [-0.2, 0) is 0 Å². The minimum atomic E-state index is -0.553. The number of amides is 1. The van der Waals surface area contributed by atoms with E-state index in [0.717, 1.165) is 0 Å². The Morgan fingerprint density at radius 3 is 2.80 bits per heavy atom. The van der Waals surface area contributed by atoms with Crippen molar-refractivity contribution in [3.05, 3.63) is 29.8 Å². The zero-order valence-electron chi connectivity index (χ0n) is 8.86. The van der Waals surface area contributed by atoms with Crippen LogP contribution in [0.15, 0.2) is 24.3 Å². The molecule has 1 rings (SSSR count). The van der Waals surface area contributed by atoms with E-state index in [2.05, 4.69) is 5.32 Å². The Kier molecular flexibility index (Phi) is 4.12. The molecule has 0 aromatic heterocycles. The maximum atomic E-state index is 11.4. The van der Waals surface area contributed by atoms with Crippen molar-refractivity contribution in [1.82, 2.24) is 5.32 Å². The predicted molar refractivity (Wildman–Crippen MR) is 57.0 cm³/mol. The van der Waals surface area contributed by atoms with E-state index in [4.69, 9.17) is 9.84 Å². The molecular weight excluding hydrogens is 194 g/mol. The van der Waals surface area contributed by atoms with Gasteiger partial charge in [-0.3, -0.25) is 4.79 Å². The Labute approximate surface area is 88.9 Å². The van der Waals surface area contributed by atoms with Gasteiger partial charge in [-0.2, -0.15) is 0 Å². The van der Waals surface area contributed by atoms with E-state index in [1.165, 1.54) is 0 Å². The third-order valence-corrected chi connectivity index (χ3v) is 1.84. The Hall–Kier alpha value is -1.55. The van der Waals surface area contributed by atoms with Crippen molar-refractivity contribution in [3.8, 4) is 5.75 Å². The molecule has 1 aromatic carbocycles. The van der Waals surface area contributed by atoms with Gasteiger partial charge in [0.15, 0.2) is 0 Å². The third kappa shape index (κ3) is 3.25. The summed E-state index contributed by atoms with van der Waals surface area (Å²) in [6.07, 6.45) is -0.553. The summed E-state index contributed by atoms with van der Waals surface area (Å²) in [4.78, 5) is 11.4. The van der Waals surface area contributed by atoms with Crippen LogP contribution in [0.5, 0.6) is 5.75 Å². The first-order valence-corrected chi connectivity index (χ1v) is 4.77. The molecule has 0 unspecified atom stereocenters. The number of aliphatic hydroxyl groups excluding tert-OH is 1. The first-order valence-electron chi connectivity index (χ1n) is 4.77. The quantitative estimate of drug-likeness (QED) is 0.771. The number of rotatable bonds is 4. The number of benzene rings is 1. The van der Waals surface area contributed by atoms with Gasteiger partial charge in [-0.25, -0.2) is 0 Å². The number of aliphatic hydroxyl groups is 1. The topological polar surface area (TPSA) is 58.6 Å².